The van der Waals surface area contributed by atoms with E-state index in [1.807, 2.05) is 0 Å². The zero-order valence-corrected chi connectivity index (χ0v) is 14.5. The van der Waals surface area contributed by atoms with Gasteiger partial charge in [-0.05, 0) is 55.7 Å². The Hall–Kier alpha value is 0.140. The Morgan fingerprint density at radius 1 is 1.37 bits per heavy atom. The van der Waals surface area contributed by atoms with Crippen molar-refractivity contribution < 1.29 is 4.74 Å². The summed E-state index contributed by atoms with van der Waals surface area (Å²) in [4.78, 5) is 0. The summed E-state index contributed by atoms with van der Waals surface area (Å²) in [7, 11) is 0. The summed E-state index contributed by atoms with van der Waals surface area (Å²) in [5.74, 6) is 0.732. The van der Waals surface area contributed by atoms with Crippen LogP contribution in [-0.4, -0.2) is 18.0 Å². The van der Waals surface area contributed by atoms with Gasteiger partial charge in [0.05, 0.1) is 6.10 Å². The summed E-state index contributed by atoms with van der Waals surface area (Å²) in [5.41, 5.74) is 1.43. The molecule has 1 saturated heterocycles. The van der Waals surface area contributed by atoms with E-state index in [1.54, 1.807) is 0 Å². The molecule has 1 fully saturated rings. The standard InChI is InChI=1S/C16H22Br2O/c17-12-14(5-2-7-16-8-3-9-19-16)10-13-4-1-6-15(18)11-13/h1,4,6,11,14,16H,2-3,5,7-10,12H2. The molecule has 1 heterocycles. The van der Waals surface area contributed by atoms with Gasteiger partial charge in [-0.2, -0.15) is 0 Å². The van der Waals surface area contributed by atoms with Crippen LogP contribution in [0.2, 0.25) is 0 Å². The van der Waals surface area contributed by atoms with Crippen LogP contribution in [0.4, 0.5) is 0 Å². The maximum absolute atomic E-state index is 5.68. The highest BCUT2D eigenvalue weighted by Crippen LogP contribution is 2.23. The molecule has 19 heavy (non-hydrogen) atoms. The monoisotopic (exact) mass is 388 g/mol. The van der Waals surface area contributed by atoms with Crippen LogP contribution in [0.15, 0.2) is 28.7 Å². The molecule has 2 atom stereocenters. The molecule has 0 spiro atoms. The number of ether oxygens (including phenoxy) is 1. The number of alkyl halides is 1. The molecule has 1 aromatic carbocycles. The molecule has 0 aromatic heterocycles. The van der Waals surface area contributed by atoms with Gasteiger partial charge in [0.15, 0.2) is 0 Å². The normalized spacial score (nSPS) is 20.6. The summed E-state index contributed by atoms with van der Waals surface area (Å²) < 4.78 is 6.86. The molecule has 1 aromatic rings. The fraction of sp³-hybridized carbons (Fsp3) is 0.625. The van der Waals surface area contributed by atoms with E-state index in [0.717, 1.165) is 24.3 Å². The molecule has 106 valence electrons. The van der Waals surface area contributed by atoms with Crippen molar-refractivity contribution in [2.45, 2.75) is 44.6 Å². The number of rotatable bonds is 7. The van der Waals surface area contributed by atoms with Gasteiger partial charge >= 0.3 is 0 Å². The predicted molar refractivity (Wildman–Crippen MR) is 88.0 cm³/mol. The topological polar surface area (TPSA) is 9.23 Å². The lowest BCUT2D eigenvalue weighted by Gasteiger charge is -2.16. The first kappa shape index (κ1) is 15.5. The van der Waals surface area contributed by atoms with Crippen LogP contribution >= 0.6 is 31.9 Å². The molecule has 2 unspecified atom stereocenters. The SMILES string of the molecule is BrCC(CCCC1CCCO1)Cc1cccc(Br)c1. The molecule has 3 heteroatoms. The van der Waals surface area contributed by atoms with Crippen LogP contribution in [-0.2, 0) is 11.2 Å². The van der Waals surface area contributed by atoms with Crippen molar-refractivity contribution in [2.24, 2.45) is 5.92 Å². The Morgan fingerprint density at radius 2 is 2.26 bits per heavy atom. The largest absolute Gasteiger partial charge is 0.378 e. The van der Waals surface area contributed by atoms with E-state index in [4.69, 9.17) is 4.74 Å². The number of benzene rings is 1. The van der Waals surface area contributed by atoms with Crippen molar-refractivity contribution >= 4 is 31.9 Å². The molecule has 1 aliphatic heterocycles. The summed E-state index contributed by atoms with van der Waals surface area (Å²) in [6.45, 7) is 0.977. The van der Waals surface area contributed by atoms with Crippen molar-refractivity contribution in [1.29, 1.82) is 0 Å². The minimum Gasteiger partial charge on any atom is -0.378 e. The lowest BCUT2D eigenvalue weighted by Crippen LogP contribution is -2.09. The molecule has 0 aliphatic carbocycles. The Bertz CT molecular complexity index is 375. The molecule has 0 N–H and O–H groups in total. The van der Waals surface area contributed by atoms with Gasteiger partial charge in [-0.1, -0.05) is 50.4 Å². The lowest BCUT2D eigenvalue weighted by atomic mass is 9.95. The first-order valence-electron chi connectivity index (χ1n) is 7.20. The van der Waals surface area contributed by atoms with E-state index in [1.165, 1.54) is 42.1 Å². The highest BCUT2D eigenvalue weighted by atomic mass is 79.9. The second kappa shape index (κ2) is 8.43. The van der Waals surface area contributed by atoms with Crippen molar-refractivity contribution in [3.05, 3.63) is 34.3 Å². The average molecular weight is 390 g/mol. The fourth-order valence-electron chi connectivity index (χ4n) is 2.74. The Labute approximate surface area is 133 Å². The van der Waals surface area contributed by atoms with Crippen LogP contribution in [0.3, 0.4) is 0 Å². The quantitative estimate of drug-likeness (QED) is 0.571. The van der Waals surface area contributed by atoms with E-state index in [0.29, 0.717) is 6.10 Å². The maximum Gasteiger partial charge on any atom is 0.0576 e. The third-order valence-corrected chi connectivity index (χ3v) is 5.20. The van der Waals surface area contributed by atoms with Crippen LogP contribution < -0.4 is 0 Å². The maximum atomic E-state index is 5.68. The molecule has 2 rings (SSSR count). The Morgan fingerprint density at radius 3 is 2.95 bits per heavy atom. The van der Waals surface area contributed by atoms with Crippen molar-refractivity contribution in [3.63, 3.8) is 0 Å². The zero-order chi connectivity index (χ0) is 13.5. The van der Waals surface area contributed by atoms with Crippen LogP contribution in [0.5, 0.6) is 0 Å². The van der Waals surface area contributed by atoms with Gasteiger partial charge in [-0.15, -0.1) is 0 Å². The van der Waals surface area contributed by atoms with Crippen molar-refractivity contribution in [2.75, 3.05) is 11.9 Å². The number of hydrogen-bond acceptors (Lipinski definition) is 1. The second-order valence-corrected chi connectivity index (χ2v) is 6.98. The molecular weight excluding hydrogens is 368 g/mol. The smallest absolute Gasteiger partial charge is 0.0576 e. The third-order valence-electron chi connectivity index (χ3n) is 3.79. The van der Waals surface area contributed by atoms with E-state index in [9.17, 15) is 0 Å². The summed E-state index contributed by atoms with van der Waals surface area (Å²) >= 11 is 7.21. The van der Waals surface area contributed by atoms with Gasteiger partial charge in [0, 0.05) is 16.4 Å². The predicted octanol–water partition coefficient (Wildman–Crippen LogP) is 5.35. The Kier molecular flexibility index (Phi) is 6.89. The molecule has 1 nitrogen and oxygen atoms in total. The van der Waals surface area contributed by atoms with E-state index in [2.05, 4.69) is 56.1 Å². The van der Waals surface area contributed by atoms with E-state index >= 15 is 0 Å². The molecule has 0 bridgehead atoms. The molecule has 1 aliphatic rings. The minimum absolute atomic E-state index is 0.543. The van der Waals surface area contributed by atoms with Gasteiger partial charge < -0.3 is 4.74 Å². The summed E-state index contributed by atoms with van der Waals surface area (Å²) in [6, 6.07) is 8.66. The van der Waals surface area contributed by atoms with E-state index in [-0.39, 0.29) is 0 Å². The van der Waals surface area contributed by atoms with Gasteiger partial charge in [-0.25, -0.2) is 0 Å². The van der Waals surface area contributed by atoms with Gasteiger partial charge in [0.1, 0.15) is 0 Å². The first-order valence-corrected chi connectivity index (χ1v) is 9.11. The second-order valence-electron chi connectivity index (χ2n) is 5.42. The zero-order valence-electron chi connectivity index (χ0n) is 11.3. The number of hydrogen-bond donors (Lipinski definition) is 0. The van der Waals surface area contributed by atoms with Crippen molar-refractivity contribution in [3.8, 4) is 0 Å². The van der Waals surface area contributed by atoms with Crippen LogP contribution in [0.25, 0.3) is 0 Å². The molecule has 0 saturated carbocycles. The third kappa shape index (κ3) is 5.57. The minimum atomic E-state index is 0.543. The first-order chi connectivity index (χ1) is 9.28. The van der Waals surface area contributed by atoms with Gasteiger partial charge in [-0.3, -0.25) is 0 Å². The highest BCUT2D eigenvalue weighted by molar-refractivity contribution is 9.10. The molecule has 0 amide bonds. The van der Waals surface area contributed by atoms with Gasteiger partial charge in [0.2, 0.25) is 0 Å². The fourth-order valence-corrected chi connectivity index (χ4v) is 3.74. The average Bonchev–Trinajstić information content (AvgIpc) is 2.91. The van der Waals surface area contributed by atoms with Crippen LogP contribution in [0.1, 0.15) is 37.7 Å². The lowest BCUT2D eigenvalue weighted by molar-refractivity contribution is 0.101. The molecular formula is C16H22Br2O. The summed E-state index contributed by atoms with van der Waals surface area (Å²) in [6.07, 6.45) is 8.04. The number of halogens is 2. The van der Waals surface area contributed by atoms with E-state index < -0.39 is 0 Å². The van der Waals surface area contributed by atoms with Crippen LogP contribution in [0, 0.1) is 5.92 Å². The molecule has 0 radical (unpaired) electrons. The van der Waals surface area contributed by atoms with Crippen molar-refractivity contribution in [1.82, 2.24) is 0 Å². The van der Waals surface area contributed by atoms with Gasteiger partial charge in [0.25, 0.3) is 0 Å². The Balaban J connectivity index is 1.73. The highest BCUT2D eigenvalue weighted by Gasteiger charge is 2.16. The summed E-state index contributed by atoms with van der Waals surface area (Å²) in [5, 5.41) is 1.09.